The van der Waals surface area contributed by atoms with Crippen LogP contribution >= 0.6 is 0 Å². The number of halogens is 2. The van der Waals surface area contributed by atoms with Gasteiger partial charge in [0.05, 0.1) is 5.69 Å². The molecule has 0 bridgehead atoms. The average molecular weight is 284 g/mol. The molecule has 0 aliphatic heterocycles. The monoisotopic (exact) mass is 284 g/mol. The van der Waals surface area contributed by atoms with Gasteiger partial charge in [-0.2, -0.15) is 8.42 Å². The zero-order valence-electron chi connectivity index (χ0n) is 9.92. The Kier molecular flexibility index (Phi) is 3.48. The van der Waals surface area contributed by atoms with Crippen LogP contribution in [0.1, 0.15) is 0 Å². The lowest BCUT2D eigenvalue weighted by Crippen LogP contribution is -2.28. The van der Waals surface area contributed by atoms with Crippen molar-refractivity contribution in [2.45, 2.75) is 5.03 Å². The van der Waals surface area contributed by atoms with E-state index in [-0.39, 0.29) is 5.69 Å². The number of rotatable bonds is 3. The van der Waals surface area contributed by atoms with Gasteiger partial charge in [0.1, 0.15) is 5.82 Å². The van der Waals surface area contributed by atoms with Crippen molar-refractivity contribution in [2.24, 2.45) is 0 Å². The molecule has 7 heteroatoms. The number of hydrogen-bond acceptors (Lipinski definition) is 3. The first-order valence-corrected chi connectivity index (χ1v) is 6.72. The molecule has 0 aliphatic rings. The Morgan fingerprint density at radius 1 is 1.11 bits per heavy atom. The first kappa shape index (κ1) is 13.4. The van der Waals surface area contributed by atoms with Crippen molar-refractivity contribution in [1.29, 1.82) is 0 Å². The molecule has 0 saturated carbocycles. The minimum atomic E-state index is -4.11. The average Bonchev–Trinajstić information content (AvgIpc) is 2.39. The second-order valence-corrected chi connectivity index (χ2v) is 5.62. The van der Waals surface area contributed by atoms with Crippen molar-refractivity contribution in [2.75, 3.05) is 11.4 Å². The fourth-order valence-corrected chi connectivity index (χ4v) is 2.65. The third-order valence-electron chi connectivity index (χ3n) is 2.52. The van der Waals surface area contributed by atoms with Gasteiger partial charge < -0.3 is 0 Å². The van der Waals surface area contributed by atoms with Crippen molar-refractivity contribution in [3.8, 4) is 0 Å². The van der Waals surface area contributed by atoms with Crippen molar-refractivity contribution in [1.82, 2.24) is 4.98 Å². The summed E-state index contributed by atoms with van der Waals surface area (Å²) in [5, 5.41) is -0.665. The van der Waals surface area contributed by atoms with E-state index in [0.717, 1.165) is 22.5 Å². The molecule has 0 N–H and O–H groups in total. The van der Waals surface area contributed by atoms with E-state index in [0.29, 0.717) is 0 Å². The van der Waals surface area contributed by atoms with Gasteiger partial charge in [0.15, 0.2) is 5.82 Å². The Balaban J connectivity index is 2.45. The lowest BCUT2D eigenvalue weighted by molar-refractivity contribution is 0.552. The number of anilines is 1. The van der Waals surface area contributed by atoms with E-state index in [9.17, 15) is 17.2 Å². The molecule has 2 rings (SSSR count). The highest BCUT2D eigenvalue weighted by Gasteiger charge is 2.26. The highest BCUT2D eigenvalue weighted by molar-refractivity contribution is 7.92. The molecule has 1 aromatic heterocycles. The molecule has 0 amide bonds. The maximum absolute atomic E-state index is 13.5. The summed E-state index contributed by atoms with van der Waals surface area (Å²) in [7, 11) is -2.86. The summed E-state index contributed by atoms with van der Waals surface area (Å²) in [5.41, 5.74) is 0.214. The number of hydrogen-bond donors (Lipinski definition) is 0. The number of benzene rings is 1. The summed E-state index contributed by atoms with van der Waals surface area (Å²) in [6.45, 7) is 0. The van der Waals surface area contributed by atoms with Crippen LogP contribution < -0.4 is 4.31 Å². The Hall–Kier alpha value is -2.02. The molecule has 0 saturated heterocycles. The highest BCUT2D eigenvalue weighted by atomic mass is 32.2. The van der Waals surface area contributed by atoms with E-state index in [1.165, 1.54) is 31.4 Å². The van der Waals surface area contributed by atoms with Gasteiger partial charge in [-0.15, -0.1) is 0 Å². The molecule has 0 radical (unpaired) electrons. The van der Waals surface area contributed by atoms with Gasteiger partial charge in [-0.25, -0.2) is 13.8 Å². The van der Waals surface area contributed by atoms with Crippen LogP contribution in [-0.4, -0.2) is 20.4 Å². The normalized spacial score (nSPS) is 11.3. The van der Waals surface area contributed by atoms with Gasteiger partial charge in [0.25, 0.3) is 10.0 Å². The van der Waals surface area contributed by atoms with Crippen molar-refractivity contribution in [3.63, 3.8) is 0 Å². The number of nitrogens with zero attached hydrogens (tertiary/aromatic N) is 2. The minimum absolute atomic E-state index is 0.214. The Morgan fingerprint density at radius 2 is 1.74 bits per heavy atom. The molecular weight excluding hydrogens is 274 g/mol. The summed E-state index contributed by atoms with van der Waals surface area (Å²) in [5.74, 6) is -1.42. The number of pyridine rings is 1. The molecule has 1 heterocycles. The lowest BCUT2D eigenvalue weighted by atomic mass is 10.3. The fraction of sp³-hybridized carbons (Fsp3) is 0.0833. The molecule has 0 aliphatic carbocycles. The lowest BCUT2D eigenvalue weighted by Gasteiger charge is -2.18. The van der Waals surface area contributed by atoms with E-state index in [2.05, 4.69) is 4.98 Å². The van der Waals surface area contributed by atoms with Crippen molar-refractivity contribution >= 4 is 15.7 Å². The third kappa shape index (κ3) is 2.55. The highest BCUT2D eigenvalue weighted by Crippen LogP contribution is 2.22. The quantitative estimate of drug-likeness (QED) is 0.868. The molecular formula is C12H10F2N2O2S. The fourth-order valence-electron chi connectivity index (χ4n) is 1.48. The molecule has 2 aromatic rings. The maximum Gasteiger partial charge on any atom is 0.284 e. The van der Waals surface area contributed by atoms with Gasteiger partial charge in [0, 0.05) is 13.2 Å². The summed E-state index contributed by atoms with van der Waals surface area (Å²) >= 11 is 0. The first-order chi connectivity index (χ1) is 8.93. The molecule has 1 aromatic carbocycles. The van der Waals surface area contributed by atoms with Crippen LogP contribution in [0.3, 0.4) is 0 Å². The van der Waals surface area contributed by atoms with Crippen LogP contribution in [0.2, 0.25) is 0 Å². The maximum atomic E-state index is 13.5. The second-order valence-electron chi connectivity index (χ2n) is 3.74. The van der Waals surface area contributed by atoms with E-state index in [1.54, 1.807) is 0 Å². The van der Waals surface area contributed by atoms with Crippen LogP contribution in [0.4, 0.5) is 14.5 Å². The summed E-state index contributed by atoms with van der Waals surface area (Å²) in [6, 6.07) is 7.12. The first-order valence-electron chi connectivity index (χ1n) is 5.28. The van der Waals surface area contributed by atoms with E-state index in [4.69, 9.17) is 0 Å². The van der Waals surface area contributed by atoms with Crippen LogP contribution in [0.15, 0.2) is 47.6 Å². The van der Waals surface area contributed by atoms with Crippen molar-refractivity contribution in [3.05, 3.63) is 54.2 Å². The summed E-state index contributed by atoms with van der Waals surface area (Å²) in [6.07, 6.45) is 1.19. The molecule has 0 fully saturated rings. The number of aromatic nitrogens is 1. The molecule has 0 spiro atoms. The van der Waals surface area contributed by atoms with Crippen LogP contribution in [0.25, 0.3) is 0 Å². The molecule has 19 heavy (non-hydrogen) atoms. The van der Waals surface area contributed by atoms with Crippen LogP contribution in [0.5, 0.6) is 0 Å². The predicted molar refractivity (Wildman–Crippen MR) is 66.2 cm³/mol. The zero-order valence-corrected chi connectivity index (χ0v) is 10.7. The van der Waals surface area contributed by atoms with Gasteiger partial charge in [-0.3, -0.25) is 4.31 Å². The topological polar surface area (TPSA) is 50.3 Å². The number of sulfonamides is 1. The molecule has 100 valence electrons. The smallest absolute Gasteiger partial charge is 0.268 e. The molecule has 4 nitrogen and oxygen atoms in total. The van der Waals surface area contributed by atoms with E-state index < -0.39 is 26.7 Å². The second kappa shape index (κ2) is 4.93. The molecule has 0 atom stereocenters. The van der Waals surface area contributed by atoms with Gasteiger partial charge >= 0.3 is 0 Å². The van der Waals surface area contributed by atoms with Gasteiger partial charge in [0.2, 0.25) is 5.03 Å². The third-order valence-corrected chi connectivity index (χ3v) is 4.24. The Labute approximate surface area is 109 Å². The van der Waals surface area contributed by atoms with E-state index in [1.807, 2.05) is 0 Å². The SMILES string of the molecule is CN(c1ccc(F)cc1)S(=O)(=O)c1ncccc1F. The van der Waals surface area contributed by atoms with Gasteiger partial charge in [-0.1, -0.05) is 0 Å². The van der Waals surface area contributed by atoms with Gasteiger partial charge in [-0.05, 0) is 36.4 Å². The largest absolute Gasteiger partial charge is 0.284 e. The zero-order chi connectivity index (χ0) is 14.0. The van der Waals surface area contributed by atoms with E-state index >= 15 is 0 Å². The Morgan fingerprint density at radius 3 is 2.32 bits per heavy atom. The van der Waals surface area contributed by atoms with Crippen molar-refractivity contribution < 1.29 is 17.2 Å². The predicted octanol–water partition coefficient (Wildman–Crippen LogP) is 2.18. The molecule has 0 unspecified atom stereocenters. The van der Waals surface area contributed by atoms with Crippen LogP contribution in [0, 0.1) is 11.6 Å². The minimum Gasteiger partial charge on any atom is -0.268 e. The summed E-state index contributed by atoms with van der Waals surface area (Å²) < 4.78 is 51.5. The summed E-state index contributed by atoms with van der Waals surface area (Å²) in [4.78, 5) is 3.54. The van der Waals surface area contributed by atoms with Crippen LogP contribution in [-0.2, 0) is 10.0 Å². The standard InChI is InChI=1S/C12H10F2N2O2S/c1-16(10-6-4-9(13)5-7-10)19(17,18)12-11(14)3-2-8-15-12/h2-8H,1H3. The Bertz CT molecular complexity index is 687.